The molecule has 8 heteroatoms. The number of nitrogens with one attached hydrogen (secondary N) is 1. The molecule has 0 radical (unpaired) electrons. The predicted molar refractivity (Wildman–Crippen MR) is 102 cm³/mol. The summed E-state index contributed by atoms with van der Waals surface area (Å²) in [7, 11) is 1.83. The third-order valence-electron chi connectivity index (χ3n) is 4.99. The Bertz CT molecular complexity index is 1130. The molecule has 3 aromatic rings. The van der Waals surface area contributed by atoms with E-state index in [4.69, 9.17) is 4.74 Å². The number of aromatic amines is 1. The van der Waals surface area contributed by atoms with Gasteiger partial charge in [0.1, 0.15) is 5.82 Å². The maximum Gasteiger partial charge on any atom is 0.256 e. The van der Waals surface area contributed by atoms with Crippen molar-refractivity contribution in [3.8, 4) is 0 Å². The minimum absolute atomic E-state index is 0.0904. The number of nitrogens with zero attached hydrogens (tertiary/aromatic N) is 1. The first-order valence-electron chi connectivity index (χ1n) is 8.61. The van der Waals surface area contributed by atoms with Gasteiger partial charge in [-0.25, -0.2) is 13.2 Å². The van der Waals surface area contributed by atoms with Crippen LogP contribution < -0.4 is 5.56 Å². The van der Waals surface area contributed by atoms with Crippen LogP contribution in [-0.2, 0) is 17.9 Å². The van der Waals surface area contributed by atoms with Crippen LogP contribution in [0.2, 0.25) is 0 Å². The lowest BCUT2D eigenvalue weighted by atomic mass is 9.95. The van der Waals surface area contributed by atoms with E-state index in [1.807, 2.05) is 11.9 Å². The van der Waals surface area contributed by atoms with Crippen LogP contribution in [0.3, 0.4) is 0 Å². The molecule has 146 valence electrons. The molecule has 1 aliphatic heterocycles. The molecule has 2 aromatic carbocycles. The van der Waals surface area contributed by atoms with Crippen molar-refractivity contribution in [3.63, 3.8) is 0 Å². The van der Waals surface area contributed by atoms with Gasteiger partial charge in [-0.15, -0.1) is 0 Å². The first-order valence-corrected chi connectivity index (χ1v) is 9.40. The van der Waals surface area contributed by atoms with Crippen LogP contribution >= 0.6 is 15.9 Å². The second kappa shape index (κ2) is 7.35. The standard InChI is InChI=1S/C20H16BrF3N2O2/c1-26(7-10-2-3-13(21)14(22)4-10)18-9-28-8-17-19(18)11-5-15(23)16(24)6-12(11)20(27)25-17/h2-6,18H,7-9H2,1H3,(H,25,27)/t18-/m1/s1. The molecular weight excluding hydrogens is 437 g/mol. The number of likely N-dealkylation sites (N-methyl/N-ethyl adjacent to an activating group) is 1. The zero-order valence-corrected chi connectivity index (χ0v) is 16.4. The summed E-state index contributed by atoms with van der Waals surface area (Å²) in [4.78, 5) is 16.9. The van der Waals surface area contributed by atoms with Crippen LogP contribution in [0, 0.1) is 17.5 Å². The van der Waals surface area contributed by atoms with Crippen LogP contribution in [0.15, 0.2) is 39.6 Å². The number of hydrogen-bond acceptors (Lipinski definition) is 3. The molecule has 0 bridgehead atoms. The molecule has 4 rings (SSSR count). The van der Waals surface area contributed by atoms with Gasteiger partial charge < -0.3 is 9.72 Å². The molecule has 1 aromatic heterocycles. The number of halogens is 4. The van der Waals surface area contributed by atoms with Gasteiger partial charge in [0.2, 0.25) is 0 Å². The van der Waals surface area contributed by atoms with Gasteiger partial charge in [-0.2, -0.15) is 0 Å². The minimum Gasteiger partial charge on any atom is -0.373 e. The highest BCUT2D eigenvalue weighted by molar-refractivity contribution is 9.10. The van der Waals surface area contributed by atoms with E-state index in [0.29, 0.717) is 34.3 Å². The quantitative estimate of drug-likeness (QED) is 0.639. The fourth-order valence-corrected chi connectivity index (χ4v) is 3.87. The number of rotatable bonds is 3. The van der Waals surface area contributed by atoms with Crippen molar-refractivity contribution in [1.29, 1.82) is 0 Å². The normalized spacial score (nSPS) is 16.6. The second-order valence-electron chi connectivity index (χ2n) is 6.85. The van der Waals surface area contributed by atoms with Crippen molar-refractivity contribution in [3.05, 3.63) is 79.4 Å². The van der Waals surface area contributed by atoms with Crippen molar-refractivity contribution in [2.45, 2.75) is 19.2 Å². The zero-order chi connectivity index (χ0) is 20.0. The summed E-state index contributed by atoms with van der Waals surface area (Å²) < 4.78 is 47.4. The first kappa shape index (κ1) is 19.2. The minimum atomic E-state index is -1.07. The van der Waals surface area contributed by atoms with Gasteiger partial charge >= 0.3 is 0 Å². The molecule has 1 N–H and O–H groups in total. The molecule has 0 spiro atoms. The van der Waals surface area contributed by atoms with Gasteiger partial charge in [-0.3, -0.25) is 9.69 Å². The summed E-state index contributed by atoms with van der Waals surface area (Å²) in [5, 5.41) is 0.451. The largest absolute Gasteiger partial charge is 0.373 e. The Morgan fingerprint density at radius 1 is 1.14 bits per heavy atom. The molecule has 0 saturated carbocycles. The second-order valence-corrected chi connectivity index (χ2v) is 7.71. The highest BCUT2D eigenvalue weighted by Crippen LogP contribution is 2.34. The highest BCUT2D eigenvalue weighted by atomic mass is 79.9. The van der Waals surface area contributed by atoms with E-state index in [1.54, 1.807) is 12.1 Å². The van der Waals surface area contributed by atoms with E-state index in [9.17, 15) is 18.0 Å². The third kappa shape index (κ3) is 3.36. The highest BCUT2D eigenvalue weighted by Gasteiger charge is 2.29. The van der Waals surface area contributed by atoms with Crippen molar-refractivity contribution >= 4 is 26.7 Å². The van der Waals surface area contributed by atoms with E-state index in [1.165, 1.54) is 6.07 Å². The number of pyridine rings is 1. The fraction of sp³-hybridized carbons (Fsp3) is 0.250. The molecule has 1 aliphatic rings. The number of benzene rings is 2. The average Bonchev–Trinajstić information content (AvgIpc) is 2.66. The number of fused-ring (bicyclic) bond motifs is 3. The van der Waals surface area contributed by atoms with E-state index >= 15 is 0 Å². The smallest absolute Gasteiger partial charge is 0.256 e. The fourth-order valence-electron chi connectivity index (χ4n) is 3.63. The summed E-state index contributed by atoms with van der Waals surface area (Å²) in [5.74, 6) is -2.44. The van der Waals surface area contributed by atoms with Crippen LogP contribution in [-0.4, -0.2) is 23.5 Å². The van der Waals surface area contributed by atoms with E-state index in [-0.39, 0.29) is 23.9 Å². The van der Waals surface area contributed by atoms with E-state index in [2.05, 4.69) is 20.9 Å². The summed E-state index contributed by atoms with van der Waals surface area (Å²) in [5.41, 5.74) is 1.49. The Kier molecular flexibility index (Phi) is 5.03. The maximum atomic E-state index is 13.9. The maximum absolute atomic E-state index is 13.9. The van der Waals surface area contributed by atoms with Gasteiger partial charge in [0.25, 0.3) is 5.56 Å². The zero-order valence-electron chi connectivity index (χ0n) is 14.9. The number of H-pyrrole nitrogens is 1. The molecular formula is C20H16BrF3N2O2. The van der Waals surface area contributed by atoms with Crippen molar-refractivity contribution in [2.24, 2.45) is 0 Å². The van der Waals surface area contributed by atoms with Crippen molar-refractivity contribution < 1.29 is 17.9 Å². The van der Waals surface area contributed by atoms with Gasteiger partial charge in [0.15, 0.2) is 11.6 Å². The summed E-state index contributed by atoms with van der Waals surface area (Å²) in [6.45, 7) is 0.890. The molecule has 2 heterocycles. The van der Waals surface area contributed by atoms with E-state index < -0.39 is 17.2 Å². The van der Waals surface area contributed by atoms with Gasteiger partial charge in [0, 0.05) is 17.8 Å². The third-order valence-corrected chi connectivity index (χ3v) is 5.63. The molecule has 28 heavy (non-hydrogen) atoms. The molecule has 0 saturated heterocycles. The topological polar surface area (TPSA) is 45.3 Å². The molecule has 0 fully saturated rings. The van der Waals surface area contributed by atoms with Crippen molar-refractivity contribution in [1.82, 2.24) is 9.88 Å². The Morgan fingerprint density at radius 3 is 2.57 bits per heavy atom. The molecule has 0 aliphatic carbocycles. The molecule has 0 unspecified atom stereocenters. The lowest BCUT2D eigenvalue weighted by Gasteiger charge is -2.34. The number of hydrogen-bond donors (Lipinski definition) is 1. The monoisotopic (exact) mass is 452 g/mol. The SMILES string of the molecule is CN(Cc1ccc(Br)c(F)c1)[C@@H]1COCc2[nH]c(=O)c3cc(F)c(F)cc3c21. The Morgan fingerprint density at radius 2 is 1.86 bits per heavy atom. The summed E-state index contributed by atoms with van der Waals surface area (Å²) in [6.07, 6.45) is 0. The van der Waals surface area contributed by atoms with Gasteiger partial charge in [0.05, 0.1) is 29.1 Å². The lowest BCUT2D eigenvalue weighted by Crippen LogP contribution is -2.33. The first-order chi connectivity index (χ1) is 13.3. The Hall–Kier alpha value is -2.16. The van der Waals surface area contributed by atoms with Crippen LogP contribution in [0.5, 0.6) is 0 Å². The van der Waals surface area contributed by atoms with Crippen LogP contribution in [0.4, 0.5) is 13.2 Å². The summed E-state index contributed by atoms with van der Waals surface area (Å²) >= 11 is 3.13. The Labute approximate surface area is 167 Å². The molecule has 4 nitrogen and oxygen atoms in total. The van der Waals surface area contributed by atoms with Crippen molar-refractivity contribution in [2.75, 3.05) is 13.7 Å². The number of ether oxygens (including phenoxy) is 1. The van der Waals surface area contributed by atoms with Crippen LogP contribution in [0.25, 0.3) is 10.8 Å². The van der Waals surface area contributed by atoms with Gasteiger partial charge in [-0.1, -0.05) is 6.07 Å². The van der Waals surface area contributed by atoms with Crippen LogP contribution in [0.1, 0.15) is 22.9 Å². The lowest BCUT2D eigenvalue weighted by molar-refractivity contribution is 0.0377. The average molecular weight is 453 g/mol. The van der Waals surface area contributed by atoms with Gasteiger partial charge in [-0.05, 0) is 58.2 Å². The Balaban J connectivity index is 1.79. The predicted octanol–water partition coefficient (Wildman–Crippen LogP) is 4.41. The molecule has 1 atom stereocenters. The number of aromatic nitrogens is 1. The summed E-state index contributed by atoms with van der Waals surface area (Å²) in [6, 6.07) is 6.53. The molecule has 0 amide bonds. The van der Waals surface area contributed by atoms with E-state index in [0.717, 1.165) is 17.7 Å².